The number of rotatable bonds is 1. The lowest BCUT2D eigenvalue weighted by Crippen LogP contribution is -2.46. The number of nitrogens with zero attached hydrogens (tertiary/aromatic N) is 2. The van der Waals surface area contributed by atoms with Crippen molar-refractivity contribution in [2.45, 2.75) is 33.4 Å². The van der Waals surface area contributed by atoms with E-state index in [2.05, 4.69) is 87.3 Å². The van der Waals surface area contributed by atoms with Crippen LogP contribution in [0.3, 0.4) is 0 Å². The number of furan rings is 1. The zero-order valence-corrected chi connectivity index (χ0v) is 14.3. The monoisotopic (exact) mass is 306 g/mol. The number of fused-ring (bicyclic) bond motifs is 3. The molecule has 3 nitrogen and oxygen atoms in total. The Hall–Kier alpha value is -2.42. The van der Waals surface area contributed by atoms with Crippen LogP contribution in [0.5, 0.6) is 0 Å². The average molecular weight is 306 g/mol. The van der Waals surface area contributed by atoms with E-state index in [1.807, 2.05) is 0 Å². The molecule has 0 aliphatic carbocycles. The molecule has 0 radical (unpaired) electrons. The Morgan fingerprint density at radius 3 is 2.30 bits per heavy atom. The number of aryl methyl sites for hydroxylation is 2. The first kappa shape index (κ1) is 14.2. The molecule has 0 atom stereocenters. The molecule has 3 heteroatoms. The van der Waals surface area contributed by atoms with Crippen LogP contribution in [0.4, 0.5) is 5.69 Å². The van der Waals surface area contributed by atoms with Gasteiger partial charge in [-0.15, -0.1) is 0 Å². The molecule has 3 aromatic rings. The maximum Gasteiger partial charge on any atom is 0.159 e. The summed E-state index contributed by atoms with van der Waals surface area (Å²) in [4.78, 5) is 4.53. The van der Waals surface area contributed by atoms with Crippen LogP contribution in [0.25, 0.3) is 21.9 Å². The van der Waals surface area contributed by atoms with Gasteiger partial charge in [-0.2, -0.15) is 0 Å². The van der Waals surface area contributed by atoms with Crippen LogP contribution in [0.2, 0.25) is 0 Å². The summed E-state index contributed by atoms with van der Waals surface area (Å²) in [7, 11) is 2.11. The summed E-state index contributed by atoms with van der Waals surface area (Å²) in [5.74, 6) is 0. The fraction of sp³-hybridized carbons (Fsp3) is 0.300. The van der Waals surface area contributed by atoms with Gasteiger partial charge >= 0.3 is 0 Å². The Morgan fingerprint density at radius 2 is 1.61 bits per heavy atom. The largest absolute Gasteiger partial charge is 0.454 e. The summed E-state index contributed by atoms with van der Waals surface area (Å²) in [6.45, 7) is 8.69. The summed E-state index contributed by atoms with van der Waals surface area (Å²) < 4.78 is 6.34. The van der Waals surface area contributed by atoms with E-state index in [0.717, 1.165) is 16.9 Å². The van der Waals surface area contributed by atoms with Gasteiger partial charge in [0, 0.05) is 30.2 Å². The van der Waals surface area contributed by atoms with Crippen molar-refractivity contribution in [2.24, 2.45) is 0 Å². The lowest BCUT2D eigenvalue weighted by Gasteiger charge is -2.38. The molecule has 0 unspecified atom stereocenters. The lowest BCUT2D eigenvalue weighted by molar-refractivity contribution is 0.253. The third-order valence-electron chi connectivity index (χ3n) is 5.17. The minimum Gasteiger partial charge on any atom is -0.454 e. The van der Waals surface area contributed by atoms with Gasteiger partial charge in [0.2, 0.25) is 0 Å². The highest BCUT2D eigenvalue weighted by Crippen LogP contribution is 2.42. The summed E-state index contributed by atoms with van der Waals surface area (Å²) in [6.07, 6.45) is 4.26. The Labute approximate surface area is 136 Å². The minimum atomic E-state index is -0.118. The molecule has 4 rings (SSSR count). The van der Waals surface area contributed by atoms with Crippen molar-refractivity contribution in [1.29, 1.82) is 0 Å². The van der Waals surface area contributed by atoms with Gasteiger partial charge in [0.1, 0.15) is 11.2 Å². The van der Waals surface area contributed by atoms with E-state index in [0.29, 0.717) is 0 Å². The fourth-order valence-corrected chi connectivity index (χ4v) is 3.44. The molecule has 0 saturated heterocycles. The molecule has 0 fully saturated rings. The van der Waals surface area contributed by atoms with Crippen LogP contribution in [-0.4, -0.2) is 17.6 Å². The zero-order chi connectivity index (χ0) is 16.4. The molecule has 2 heterocycles. The van der Waals surface area contributed by atoms with Crippen molar-refractivity contribution in [3.8, 4) is 0 Å². The maximum absolute atomic E-state index is 6.34. The summed E-state index contributed by atoms with van der Waals surface area (Å²) in [5.41, 5.74) is 5.40. The van der Waals surface area contributed by atoms with Gasteiger partial charge in [0.05, 0.1) is 5.69 Å². The molecule has 0 saturated carbocycles. The van der Waals surface area contributed by atoms with E-state index in [4.69, 9.17) is 4.42 Å². The van der Waals surface area contributed by atoms with Crippen molar-refractivity contribution in [3.05, 3.63) is 53.9 Å². The first-order chi connectivity index (χ1) is 10.9. The molecular weight excluding hydrogens is 284 g/mol. The van der Waals surface area contributed by atoms with Crippen molar-refractivity contribution in [3.63, 3.8) is 0 Å². The van der Waals surface area contributed by atoms with E-state index in [1.54, 1.807) is 0 Å². The van der Waals surface area contributed by atoms with Crippen LogP contribution in [0.1, 0.15) is 25.0 Å². The predicted molar refractivity (Wildman–Crippen MR) is 96.7 cm³/mol. The molecule has 23 heavy (non-hydrogen) atoms. The second-order valence-electron chi connectivity index (χ2n) is 6.93. The smallest absolute Gasteiger partial charge is 0.159 e. The van der Waals surface area contributed by atoms with Crippen LogP contribution in [0, 0.1) is 13.8 Å². The third kappa shape index (κ3) is 1.83. The van der Waals surface area contributed by atoms with Gasteiger partial charge in [-0.3, -0.25) is 0 Å². The first-order valence-corrected chi connectivity index (χ1v) is 8.03. The molecule has 118 valence electrons. The molecule has 0 N–H and O–H groups in total. The fourth-order valence-electron chi connectivity index (χ4n) is 3.44. The highest BCUT2D eigenvalue weighted by atomic mass is 16.3. The standard InChI is InChI=1S/C20H22N2O/c1-13-9-10-16-15-8-6-7-14(2)18(15)23-19(16)17(13)22-12-11-21(5)20(22,3)4/h6-12H,1-5H3. The normalized spacial score (nSPS) is 16.9. The van der Waals surface area contributed by atoms with Gasteiger partial charge in [0.15, 0.2) is 5.58 Å². The van der Waals surface area contributed by atoms with Gasteiger partial charge in [-0.05, 0) is 38.8 Å². The Bertz CT molecular complexity index is 949. The second kappa shape index (κ2) is 4.54. The van der Waals surface area contributed by atoms with E-state index in [1.165, 1.54) is 21.9 Å². The van der Waals surface area contributed by atoms with Crippen molar-refractivity contribution in [1.82, 2.24) is 4.90 Å². The van der Waals surface area contributed by atoms with E-state index in [9.17, 15) is 0 Å². The number of anilines is 1. The van der Waals surface area contributed by atoms with Crippen molar-refractivity contribution in [2.75, 3.05) is 11.9 Å². The van der Waals surface area contributed by atoms with Gasteiger partial charge < -0.3 is 14.2 Å². The highest BCUT2D eigenvalue weighted by Gasteiger charge is 2.35. The van der Waals surface area contributed by atoms with E-state index >= 15 is 0 Å². The minimum absolute atomic E-state index is 0.118. The average Bonchev–Trinajstić information content (AvgIpc) is 3.00. The number of hydrogen-bond donors (Lipinski definition) is 0. The molecule has 1 aliphatic rings. The van der Waals surface area contributed by atoms with Gasteiger partial charge in [-0.1, -0.05) is 30.3 Å². The first-order valence-electron chi connectivity index (χ1n) is 8.03. The Morgan fingerprint density at radius 1 is 0.870 bits per heavy atom. The molecule has 1 aromatic heterocycles. The SMILES string of the molecule is Cc1ccc2c(oc3c(C)cccc32)c1N1C=CN(C)C1(C)C. The number of hydrogen-bond acceptors (Lipinski definition) is 3. The van der Waals surface area contributed by atoms with Gasteiger partial charge in [-0.25, -0.2) is 0 Å². The molecule has 2 aromatic carbocycles. The lowest BCUT2D eigenvalue weighted by atomic mass is 10.0. The van der Waals surface area contributed by atoms with E-state index in [-0.39, 0.29) is 5.66 Å². The van der Waals surface area contributed by atoms with E-state index < -0.39 is 0 Å². The van der Waals surface area contributed by atoms with Crippen LogP contribution < -0.4 is 4.90 Å². The summed E-state index contributed by atoms with van der Waals surface area (Å²) >= 11 is 0. The third-order valence-corrected chi connectivity index (χ3v) is 5.17. The Kier molecular flexibility index (Phi) is 2.80. The molecular formula is C20H22N2O. The predicted octanol–water partition coefficient (Wildman–Crippen LogP) is 5.16. The van der Waals surface area contributed by atoms with Crippen LogP contribution in [-0.2, 0) is 0 Å². The molecule has 1 aliphatic heterocycles. The zero-order valence-electron chi connectivity index (χ0n) is 14.3. The molecule has 0 spiro atoms. The maximum atomic E-state index is 6.34. The number of benzene rings is 2. The van der Waals surface area contributed by atoms with Crippen LogP contribution >= 0.6 is 0 Å². The molecule has 0 amide bonds. The second-order valence-corrected chi connectivity index (χ2v) is 6.93. The summed E-state index contributed by atoms with van der Waals surface area (Å²) in [5, 5.41) is 2.37. The number of para-hydroxylation sites is 1. The Balaban J connectivity index is 2.07. The van der Waals surface area contributed by atoms with Crippen LogP contribution in [0.15, 0.2) is 47.1 Å². The quantitative estimate of drug-likeness (QED) is 0.619. The summed E-state index contributed by atoms with van der Waals surface area (Å²) in [6, 6.07) is 10.7. The highest BCUT2D eigenvalue weighted by molar-refractivity contribution is 6.10. The molecule has 0 bridgehead atoms. The van der Waals surface area contributed by atoms with Crippen molar-refractivity contribution >= 4 is 27.6 Å². The van der Waals surface area contributed by atoms with Gasteiger partial charge in [0.25, 0.3) is 0 Å². The van der Waals surface area contributed by atoms with Crippen molar-refractivity contribution < 1.29 is 4.42 Å². The topological polar surface area (TPSA) is 19.6 Å².